The van der Waals surface area contributed by atoms with Crippen LogP contribution in [0, 0.1) is 17.2 Å². The number of carbonyl (C=O) groups is 1. The van der Waals surface area contributed by atoms with Gasteiger partial charge in [-0.15, -0.1) is 0 Å². The summed E-state index contributed by atoms with van der Waals surface area (Å²) in [5.41, 5.74) is 8.08. The van der Waals surface area contributed by atoms with E-state index < -0.39 is 0 Å². The van der Waals surface area contributed by atoms with Crippen LogP contribution in [0.2, 0.25) is 0 Å². The van der Waals surface area contributed by atoms with Gasteiger partial charge >= 0.3 is 0 Å². The molecule has 0 saturated heterocycles. The molecule has 0 aliphatic carbocycles. The lowest BCUT2D eigenvalue weighted by Gasteiger charge is -2.20. The second-order valence-corrected chi connectivity index (χ2v) is 5.27. The van der Waals surface area contributed by atoms with E-state index in [0.717, 1.165) is 11.3 Å². The summed E-state index contributed by atoms with van der Waals surface area (Å²) in [6, 6.07) is 7.56. The average Bonchev–Trinajstić information content (AvgIpc) is 2.39. The first-order chi connectivity index (χ1) is 9.43. The van der Waals surface area contributed by atoms with Crippen LogP contribution < -0.4 is 16.0 Å². The van der Waals surface area contributed by atoms with Crippen molar-refractivity contribution in [2.45, 2.75) is 20.3 Å². The first-order valence-electron chi connectivity index (χ1n) is 6.67. The predicted molar refractivity (Wildman–Crippen MR) is 81.3 cm³/mol. The third-order valence-corrected chi connectivity index (χ3v) is 2.93. The molecule has 0 spiro atoms. The minimum absolute atomic E-state index is 0.0140. The maximum absolute atomic E-state index is 11.8. The van der Waals surface area contributed by atoms with Crippen molar-refractivity contribution in [1.29, 1.82) is 5.26 Å². The van der Waals surface area contributed by atoms with Gasteiger partial charge in [-0.25, -0.2) is 0 Å². The zero-order valence-electron chi connectivity index (χ0n) is 12.3. The zero-order chi connectivity index (χ0) is 15.1. The summed E-state index contributed by atoms with van der Waals surface area (Å²) < 4.78 is 0. The Hall–Kier alpha value is -2.22. The van der Waals surface area contributed by atoms with Crippen molar-refractivity contribution in [3.8, 4) is 6.07 Å². The minimum atomic E-state index is -0.0140. The van der Waals surface area contributed by atoms with Gasteiger partial charge in [0, 0.05) is 25.0 Å². The lowest BCUT2D eigenvalue weighted by molar-refractivity contribution is -0.119. The summed E-state index contributed by atoms with van der Waals surface area (Å²) in [5.74, 6) is 0.419. The highest BCUT2D eigenvalue weighted by molar-refractivity contribution is 5.81. The molecule has 0 aliphatic rings. The van der Waals surface area contributed by atoms with Gasteiger partial charge in [-0.3, -0.25) is 4.79 Å². The van der Waals surface area contributed by atoms with Crippen LogP contribution in [-0.2, 0) is 11.2 Å². The summed E-state index contributed by atoms with van der Waals surface area (Å²) in [5, 5.41) is 11.6. The standard InChI is InChI=1S/C15H22N4O/c1-11(2)9-18-15(20)10-19(3)13-4-5-14(17)12(8-13)6-7-16/h4-5,8,11H,6,9-10,17H2,1-3H3,(H,18,20). The normalized spacial score (nSPS) is 10.2. The van der Waals surface area contributed by atoms with E-state index in [1.54, 1.807) is 6.07 Å². The second kappa shape index (κ2) is 7.39. The molecule has 108 valence electrons. The lowest BCUT2D eigenvalue weighted by Crippen LogP contribution is -2.36. The van der Waals surface area contributed by atoms with E-state index in [4.69, 9.17) is 11.0 Å². The van der Waals surface area contributed by atoms with E-state index in [1.807, 2.05) is 24.1 Å². The van der Waals surface area contributed by atoms with Crippen LogP contribution in [0.25, 0.3) is 0 Å². The molecule has 1 aromatic rings. The maximum Gasteiger partial charge on any atom is 0.239 e. The molecule has 1 aromatic carbocycles. The topological polar surface area (TPSA) is 82.2 Å². The van der Waals surface area contributed by atoms with Crippen molar-refractivity contribution >= 4 is 17.3 Å². The van der Waals surface area contributed by atoms with Crippen LogP contribution in [0.3, 0.4) is 0 Å². The van der Waals surface area contributed by atoms with Gasteiger partial charge in [0.25, 0.3) is 0 Å². The van der Waals surface area contributed by atoms with Crippen LogP contribution in [0.5, 0.6) is 0 Å². The van der Waals surface area contributed by atoms with Gasteiger partial charge in [0.05, 0.1) is 19.0 Å². The molecule has 0 aliphatic heterocycles. The molecular formula is C15H22N4O. The van der Waals surface area contributed by atoms with Crippen molar-refractivity contribution < 1.29 is 4.79 Å². The van der Waals surface area contributed by atoms with E-state index in [2.05, 4.69) is 25.2 Å². The Kier molecular flexibility index (Phi) is 5.85. The fourth-order valence-electron chi connectivity index (χ4n) is 1.75. The van der Waals surface area contributed by atoms with Crippen molar-refractivity contribution in [2.75, 3.05) is 30.8 Å². The number of hydrogen-bond acceptors (Lipinski definition) is 4. The maximum atomic E-state index is 11.8. The molecule has 3 N–H and O–H groups in total. The second-order valence-electron chi connectivity index (χ2n) is 5.27. The molecule has 1 amide bonds. The van der Waals surface area contributed by atoms with E-state index in [0.29, 0.717) is 18.2 Å². The Morgan fingerprint density at radius 3 is 2.80 bits per heavy atom. The number of nitrogens with one attached hydrogen (secondary N) is 1. The lowest BCUT2D eigenvalue weighted by atomic mass is 10.1. The van der Waals surface area contributed by atoms with Crippen LogP contribution >= 0.6 is 0 Å². The van der Waals surface area contributed by atoms with Crippen molar-refractivity contribution in [3.63, 3.8) is 0 Å². The molecule has 1 rings (SSSR count). The third-order valence-electron chi connectivity index (χ3n) is 2.93. The number of rotatable bonds is 6. The molecule has 5 nitrogen and oxygen atoms in total. The Bertz CT molecular complexity index is 505. The molecule has 0 radical (unpaired) electrons. The highest BCUT2D eigenvalue weighted by Crippen LogP contribution is 2.20. The van der Waals surface area contributed by atoms with Gasteiger partial charge in [-0.2, -0.15) is 5.26 Å². The molecule has 0 aromatic heterocycles. The number of amides is 1. The van der Waals surface area contributed by atoms with Gasteiger partial charge in [-0.05, 0) is 29.7 Å². The molecule has 0 heterocycles. The smallest absolute Gasteiger partial charge is 0.239 e. The number of carbonyl (C=O) groups excluding carboxylic acids is 1. The summed E-state index contributed by atoms with van der Waals surface area (Å²) >= 11 is 0. The number of hydrogen-bond donors (Lipinski definition) is 2. The van der Waals surface area contributed by atoms with E-state index in [-0.39, 0.29) is 18.9 Å². The van der Waals surface area contributed by atoms with E-state index in [9.17, 15) is 4.79 Å². The highest BCUT2D eigenvalue weighted by Gasteiger charge is 2.09. The van der Waals surface area contributed by atoms with Crippen molar-refractivity contribution in [3.05, 3.63) is 23.8 Å². The van der Waals surface area contributed by atoms with Crippen LogP contribution in [0.15, 0.2) is 18.2 Å². The number of benzene rings is 1. The Morgan fingerprint density at radius 1 is 1.50 bits per heavy atom. The first-order valence-corrected chi connectivity index (χ1v) is 6.67. The molecular weight excluding hydrogens is 252 g/mol. The van der Waals surface area contributed by atoms with Gasteiger partial charge in [-0.1, -0.05) is 13.8 Å². The number of nitrogens with two attached hydrogens (primary N) is 1. The zero-order valence-corrected chi connectivity index (χ0v) is 12.3. The number of nitrogens with zero attached hydrogens (tertiary/aromatic N) is 2. The van der Waals surface area contributed by atoms with Gasteiger partial charge in [0.2, 0.25) is 5.91 Å². The fraction of sp³-hybridized carbons (Fsp3) is 0.467. The summed E-state index contributed by atoms with van der Waals surface area (Å²) in [7, 11) is 1.84. The summed E-state index contributed by atoms with van der Waals surface area (Å²) in [6.07, 6.45) is 0.271. The molecule has 0 unspecified atom stereocenters. The first kappa shape index (κ1) is 15.8. The Balaban J connectivity index is 2.68. The Labute approximate surface area is 120 Å². The number of nitriles is 1. The summed E-state index contributed by atoms with van der Waals surface area (Å²) in [6.45, 7) is 5.06. The van der Waals surface area contributed by atoms with E-state index >= 15 is 0 Å². The largest absolute Gasteiger partial charge is 0.398 e. The van der Waals surface area contributed by atoms with Crippen LogP contribution in [-0.4, -0.2) is 26.0 Å². The van der Waals surface area contributed by atoms with E-state index in [1.165, 1.54) is 0 Å². The predicted octanol–water partition coefficient (Wildman–Crippen LogP) is 1.54. The third kappa shape index (κ3) is 4.81. The van der Waals surface area contributed by atoms with Crippen molar-refractivity contribution in [1.82, 2.24) is 5.32 Å². The SMILES string of the molecule is CC(C)CNC(=O)CN(C)c1ccc(N)c(CC#N)c1. The molecule has 0 bridgehead atoms. The van der Waals surface area contributed by atoms with Gasteiger partial charge < -0.3 is 16.0 Å². The molecule has 5 heteroatoms. The number of anilines is 2. The quantitative estimate of drug-likeness (QED) is 0.771. The Morgan fingerprint density at radius 2 is 2.20 bits per heavy atom. The molecule has 0 saturated carbocycles. The van der Waals surface area contributed by atoms with Crippen LogP contribution in [0.4, 0.5) is 11.4 Å². The fourth-order valence-corrected chi connectivity index (χ4v) is 1.75. The van der Waals surface area contributed by atoms with Crippen LogP contribution in [0.1, 0.15) is 19.4 Å². The molecule has 20 heavy (non-hydrogen) atoms. The number of likely N-dealkylation sites (N-methyl/N-ethyl adjacent to an activating group) is 1. The molecule has 0 fully saturated rings. The highest BCUT2D eigenvalue weighted by atomic mass is 16.2. The average molecular weight is 274 g/mol. The minimum Gasteiger partial charge on any atom is -0.398 e. The van der Waals surface area contributed by atoms with Gasteiger partial charge in [0.1, 0.15) is 0 Å². The summed E-state index contributed by atoms with van der Waals surface area (Å²) in [4.78, 5) is 13.6. The molecule has 0 atom stereocenters. The number of nitrogen functional groups attached to an aromatic ring is 1. The monoisotopic (exact) mass is 274 g/mol. The van der Waals surface area contributed by atoms with Gasteiger partial charge in [0.15, 0.2) is 0 Å². The van der Waals surface area contributed by atoms with Crippen molar-refractivity contribution in [2.24, 2.45) is 5.92 Å².